The van der Waals surface area contributed by atoms with Crippen molar-refractivity contribution in [3.05, 3.63) is 48.0 Å². The quantitative estimate of drug-likeness (QED) is 0.691. The summed E-state index contributed by atoms with van der Waals surface area (Å²) >= 11 is 0. The van der Waals surface area contributed by atoms with Gasteiger partial charge >= 0.3 is 5.97 Å². The summed E-state index contributed by atoms with van der Waals surface area (Å²) in [6.07, 6.45) is 8.96. The number of hydrogen-bond acceptors (Lipinski definition) is 4. The van der Waals surface area contributed by atoms with E-state index in [1.54, 1.807) is 0 Å². The van der Waals surface area contributed by atoms with Crippen LogP contribution < -0.4 is 4.90 Å². The number of rotatable bonds is 8. The van der Waals surface area contributed by atoms with Crippen LogP contribution in [0.1, 0.15) is 43.7 Å². The Morgan fingerprint density at radius 3 is 2.96 bits per heavy atom. The minimum absolute atomic E-state index is 0.152. The fourth-order valence-corrected chi connectivity index (χ4v) is 3.61. The Hall–Kier alpha value is -2.30. The van der Waals surface area contributed by atoms with Crippen LogP contribution in [0, 0.1) is 0 Å². The average Bonchev–Trinajstić information content (AvgIpc) is 3.22. The number of benzene rings is 1. The lowest BCUT2D eigenvalue weighted by atomic mass is 9.95. The predicted octanol–water partition coefficient (Wildman–Crippen LogP) is 3.39. The van der Waals surface area contributed by atoms with Crippen molar-refractivity contribution in [2.75, 3.05) is 24.6 Å². The number of esters is 1. The molecule has 0 radical (unpaired) electrons. The number of carbonyl (C=O) groups is 1. The Morgan fingerprint density at radius 1 is 1.36 bits per heavy atom. The van der Waals surface area contributed by atoms with E-state index in [0.29, 0.717) is 19.1 Å². The number of nitrogens with zero attached hydrogens (tertiary/aromatic N) is 3. The second-order valence-electron chi connectivity index (χ2n) is 6.61. The van der Waals surface area contributed by atoms with Crippen molar-refractivity contribution in [3.63, 3.8) is 0 Å². The molecule has 3 rings (SSSR count). The van der Waals surface area contributed by atoms with Crippen LogP contribution in [-0.4, -0.2) is 35.2 Å². The largest absolute Gasteiger partial charge is 0.465 e. The number of ether oxygens (including phenoxy) is 1. The summed E-state index contributed by atoms with van der Waals surface area (Å²) in [7, 11) is 0. The molecule has 0 aliphatic carbocycles. The van der Waals surface area contributed by atoms with Crippen LogP contribution in [0.15, 0.2) is 36.9 Å². The maximum atomic E-state index is 12.0. The minimum atomic E-state index is -0.152. The SMILES string of the molecule is CCCc1ccc2c(c1)C(CCn1ccnc1)CN2CC(=O)OCC. The lowest BCUT2D eigenvalue weighted by Gasteiger charge is -2.19. The zero-order chi connectivity index (χ0) is 17.6. The van der Waals surface area contributed by atoms with Crippen LogP contribution >= 0.6 is 0 Å². The van der Waals surface area contributed by atoms with Crippen LogP contribution in [0.3, 0.4) is 0 Å². The van der Waals surface area contributed by atoms with E-state index in [-0.39, 0.29) is 5.97 Å². The Kier molecular flexibility index (Phi) is 5.74. The van der Waals surface area contributed by atoms with Crippen molar-refractivity contribution >= 4 is 11.7 Å². The van der Waals surface area contributed by atoms with Gasteiger partial charge in [0.2, 0.25) is 0 Å². The molecule has 134 valence electrons. The van der Waals surface area contributed by atoms with Gasteiger partial charge in [0.05, 0.1) is 12.9 Å². The van der Waals surface area contributed by atoms with Gasteiger partial charge in [0.1, 0.15) is 6.54 Å². The van der Waals surface area contributed by atoms with Crippen LogP contribution in [-0.2, 0) is 22.5 Å². The molecule has 2 aromatic rings. The first-order chi connectivity index (χ1) is 12.2. The molecule has 1 aliphatic rings. The molecule has 2 heterocycles. The van der Waals surface area contributed by atoms with Gasteiger partial charge in [-0.15, -0.1) is 0 Å². The van der Waals surface area contributed by atoms with E-state index in [1.165, 1.54) is 16.8 Å². The zero-order valence-corrected chi connectivity index (χ0v) is 15.1. The first kappa shape index (κ1) is 17.5. The normalized spacial score (nSPS) is 16.1. The van der Waals surface area contributed by atoms with E-state index in [2.05, 4.69) is 39.6 Å². The van der Waals surface area contributed by atoms with Crippen molar-refractivity contribution < 1.29 is 9.53 Å². The van der Waals surface area contributed by atoms with E-state index in [4.69, 9.17) is 4.74 Å². The van der Waals surface area contributed by atoms with Crippen LogP contribution in [0.25, 0.3) is 0 Å². The maximum absolute atomic E-state index is 12.0. The molecular weight excluding hydrogens is 314 g/mol. The van der Waals surface area contributed by atoms with Gasteiger partial charge in [-0.25, -0.2) is 4.98 Å². The smallest absolute Gasteiger partial charge is 0.325 e. The first-order valence-corrected chi connectivity index (χ1v) is 9.20. The summed E-state index contributed by atoms with van der Waals surface area (Å²) in [6.45, 7) is 6.62. The molecule has 25 heavy (non-hydrogen) atoms. The van der Waals surface area contributed by atoms with Crippen LogP contribution in [0.5, 0.6) is 0 Å². The Balaban J connectivity index is 1.77. The summed E-state index contributed by atoms with van der Waals surface area (Å²) in [6, 6.07) is 6.71. The van der Waals surface area contributed by atoms with Crippen molar-refractivity contribution in [3.8, 4) is 0 Å². The number of carbonyl (C=O) groups excluding carboxylic acids is 1. The highest BCUT2D eigenvalue weighted by atomic mass is 16.5. The van der Waals surface area contributed by atoms with Gasteiger partial charge in [0.15, 0.2) is 0 Å². The molecule has 1 aromatic carbocycles. The van der Waals surface area contributed by atoms with Crippen molar-refractivity contribution in [1.82, 2.24) is 9.55 Å². The minimum Gasteiger partial charge on any atom is -0.465 e. The molecule has 5 nitrogen and oxygen atoms in total. The van der Waals surface area contributed by atoms with Crippen molar-refractivity contribution in [2.45, 2.75) is 45.6 Å². The highest BCUT2D eigenvalue weighted by molar-refractivity contribution is 5.77. The van der Waals surface area contributed by atoms with Crippen molar-refractivity contribution in [2.24, 2.45) is 0 Å². The van der Waals surface area contributed by atoms with Crippen LogP contribution in [0.2, 0.25) is 0 Å². The molecule has 0 fully saturated rings. The molecule has 0 spiro atoms. The highest BCUT2D eigenvalue weighted by Gasteiger charge is 2.30. The number of aryl methyl sites for hydroxylation is 2. The molecule has 0 N–H and O–H groups in total. The summed E-state index contributed by atoms with van der Waals surface area (Å²) in [5.74, 6) is 0.282. The van der Waals surface area contributed by atoms with E-state index in [9.17, 15) is 4.79 Å². The Bertz CT molecular complexity index is 697. The Labute approximate surface area is 149 Å². The zero-order valence-electron chi connectivity index (χ0n) is 15.1. The summed E-state index contributed by atoms with van der Waals surface area (Å²) in [5.41, 5.74) is 3.94. The first-order valence-electron chi connectivity index (χ1n) is 9.20. The molecular formula is C20H27N3O2. The third-order valence-corrected chi connectivity index (χ3v) is 4.77. The van der Waals surface area contributed by atoms with E-state index < -0.39 is 0 Å². The van der Waals surface area contributed by atoms with E-state index >= 15 is 0 Å². The molecule has 5 heteroatoms. The third kappa shape index (κ3) is 4.21. The molecule has 1 atom stereocenters. The lowest BCUT2D eigenvalue weighted by Crippen LogP contribution is -2.30. The second-order valence-corrected chi connectivity index (χ2v) is 6.61. The molecule has 1 aliphatic heterocycles. The standard InChI is InChI=1S/C20H27N3O2/c1-3-5-16-6-7-19-18(12-16)17(8-10-22-11-9-21-15-22)13-23(19)14-20(24)25-4-2/h6-7,9,11-12,15,17H,3-5,8,10,13-14H2,1-2H3. The molecule has 0 amide bonds. The lowest BCUT2D eigenvalue weighted by molar-refractivity contribution is -0.141. The van der Waals surface area contributed by atoms with Gasteiger partial charge in [-0.3, -0.25) is 4.79 Å². The number of hydrogen-bond donors (Lipinski definition) is 0. The summed E-state index contributed by atoms with van der Waals surface area (Å²) < 4.78 is 7.26. The summed E-state index contributed by atoms with van der Waals surface area (Å²) in [4.78, 5) is 18.2. The molecule has 0 saturated carbocycles. The van der Waals surface area contributed by atoms with Gasteiger partial charge in [-0.05, 0) is 37.0 Å². The fourth-order valence-electron chi connectivity index (χ4n) is 3.61. The molecule has 1 unspecified atom stereocenters. The van der Waals surface area contributed by atoms with Gasteiger partial charge < -0.3 is 14.2 Å². The monoisotopic (exact) mass is 341 g/mol. The van der Waals surface area contributed by atoms with Crippen LogP contribution in [0.4, 0.5) is 5.69 Å². The molecule has 0 saturated heterocycles. The number of imidazole rings is 1. The van der Waals surface area contributed by atoms with Crippen molar-refractivity contribution in [1.29, 1.82) is 0 Å². The topological polar surface area (TPSA) is 47.4 Å². The van der Waals surface area contributed by atoms with E-state index in [0.717, 1.165) is 32.4 Å². The highest BCUT2D eigenvalue weighted by Crippen LogP contribution is 2.39. The molecule has 1 aromatic heterocycles. The number of fused-ring (bicyclic) bond motifs is 1. The van der Waals surface area contributed by atoms with E-state index in [1.807, 2.05) is 25.6 Å². The van der Waals surface area contributed by atoms with Gasteiger partial charge in [0.25, 0.3) is 0 Å². The molecule has 0 bridgehead atoms. The maximum Gasteiger partial charge on any atom is 0.325 e. The number of aromatic nitrogens is 2. The average molecular weight is 341 g/mol. The Morgan fingerprint density at radius 2 is 2.24 bits per heavy atom. The second kappa shape index (κ2) is 8.19. The van der Waals surface area contributed by atoms with Gasteiger partial charge in [-0.2, -0.15) is 0 Å². The predicted molar refractivity (Wildman–Crippen MR) is 98.9 cm³/mol. The third-order valence-electron chi connectivity index (χ3n) is 4.77. The van der Waals surface area contributed by atoms with Gasteiger partial charge in [-0.1, -0.05) is 25.5 Å². The van der Waals surface area contributed by atoms with Gasteiger partial charge in [0, 0.05) is 37.1 Å². The number of anilines is 1. The summed E-state index contributed by atoms with van der Waals surface area (Å²) in [5, 5.41) is 0. The fraction of sp³-hybridized carbons (Fsp3) is 0.500.